The molecular formula is C31H27Cl2N3O6. The Morgan fingerprint density at radius 2 is 1.71 bits per heavy atom. The van der Waals surface area contributed by atoms with Crippen molar-refractivity contribution in [3.63, 3.8) is 0 Å². The predicted molar refractivity (Wildman–Crippen MR) is 156 cm³/mol. The second-order valence-corrected chi connectivity index (χ2v) is 10.7. The number of carbonyl (C=O) groups excluding carboxylic acids is 4. The highest BCUT2D eigenvalue weighted by atomic mass is 35.5. The Hall–Kier alpha value is -4.21. The predicted octanol–water partition coefficient (Wildman–Crippen LogP) is 5.68. The first-order valence-corrected chi connectivity index (χ1v) is 14.1. The average Bonchev–Trinajstić information content (AvgIpc) is 3.55. The Kier molecular flexibility index (Phi) is 8.89. The molecule has 216 valence electrons. The van der Waals surface area contributed by atoms with Crippen molar-refractivity contribution in [1.82, 2.24) is 15.2 Å². The van der Waals surface area contributed by atoms with E-state index in [1.807, 2.05) is 12.2 Å². The number of nitrogens with zero attached hydrogens (tertiary/aromatic N) is 2. The van der Waals surface area contributed by atoms with Crippen molar-refractivity contribution in [2.75, 3.05) is 13.7 Å². The summed E-state index contributed by atoms with van der Waals surface area (Å²) in [6, 6.07) is 10.6. The molecule has 3 aromatic rings. The number of esters is 1. The zero-order chi connectivity index (χ0) is 29.8. The van der Waals surface area contributed by atoms with E-state index in [0.717, 1.165) is 16.8 Å². The van der Waals surface area contributed by atoms with Gasteiger partial charge in [0.2, 0.25) is 5.89 Å². The van der Waals surface area contributed by atoms with E-state index in [9.17, 15) is 19.2 Å². The minimum absolute atomic E-state index is 0.0953. The third-order valence-corrected chi connectivity index (χ3v) is 7.83. The molecule has 1 aliphatic heterocycles. The number of oxazole rings is 1. The first kappa shape index (κ1) is 29.3. The fourth-order valence-electron chi connectivity index (χ4n) is 5.00. The van der Waals surface area contributed by atoms with Gasteiger partial charge in [-0.25, -0.2) is 9.78 Å². The second-order valence-electron chi connectivity index (χ2n) is 9.92. The third kappa shape index (κ3) is 6.17. The Morgan fingerprint density at radius 1 is 1.02 bits per heavy atom. The van der Waals surface area contributed by atoms with Gasteiger partial charge in [0, 0.05) is 12.1 Å². The van der Waals surface area contributed by atoms with E-state index in [2.05, 4.69) is 10.3 Å². The fourth-order valence-corrected chi connectivity index (χ4v) is 5.57. The molecule has 2 heterocycles. The van der Waals surface area contributed by atoms with E-state index >= 15 is 0 Å². The van der Waals surface area contributed by atoms with Crippen molar-refractivity contribution < 1.29 is 28.3 Å². The van der Waals surface area contributed by atoms with Gasteiger partial charge in [0.1, 0.15) is 12.3 Å². The van der Waals surface area contributed by atoms with Crippen LogP contribution in [0.3, 0.4) is 0 Å². The number of benzene rings is 2. The minimum Gasteiger partial charge on any atom is -0.467 e. The molecule has 0 spiro atoms. The Labute approximate surface area is 252 Å². The Balaban J connectivity index is 1.18. The SMILES string of the molecule is COC(=O)[C@H](CC1=CC=C(c2nc(CCCN3C(=O)c4ccccc4C3=O)co2)CC1)NC(=O)c1c(Cl)cccc1Cl. The molecule has 2 aromatic carbocycles. The van der Waals surface area contributed by atoms with Crippen LogP contribution in [-0.4, -0.2) is 53.3 Å². The number of methoxy groups -OCH3 is 1. The highest BCUT2D eigenvalue weighted by Gasteiger charge is 2.34. The molecule has 1 aromatic heterocycles. The van der Waals surface area contributed by atoms with E-state index in [1.165, 1.54) is 12.0 Å². The first-order chi connectivity index (χ1) is 20.3. The number of allylic oxidation sites excluding steroid dienone is 3. The number of fused-ring (bicyclic) bond motifs is 1. The molecule has 1 N–H and O–H groups in total. The van der Waals surface area contributed by atoms with Crippen LogP contribution in [0, 0.1) is 0 Å². The van der Waals surface area contributed by atoms with Gasteiger partial charge in [-0.05, 0) is 56.4 Å². The highest BCUT2D eigenvalue weighted by Crippen LogP contribution is 2.30. The van der Waals surface area contributed by atoms with Gasteiger partial charge < -0.3 is 14.5 Å². The molecular weight excluding hydrogens is 581 g/mol. The van der Waals surface area contributed by atoms with Gasteiger partial charge in [0.15, 0.2) is 0 Å². The molecule has 5 rings (SSSR count). The number of halogens is 2. The molecule has 1 atom stereocenters. The van der Waals surface area contributed by atoms with Crippen molar-refractivity contribution in [3.05, 3.63) is 105 Å². The molecule has 0 unspecified atom stereocenters. The number of hydrogen-bond donors (Lipinski definition) is 1. The fraction of sp³-hybridized carbons (Fsp3) is 0.258. The number of aromatic nitrogens is 1. The zero-order valence-corrected chi connectivity index (χ0v) is 24.2. The quantitative estimate of drug-likeness (QED) is 0.233. The molecule has 11 heteroatoms. The topological polar surface area (TPSA) is 119 Å². The van der Waals surface area contributed by atoms with Gasteiger partial charge in [0.25, 0.3) is 17.7 Å². The number of amides is 3. The minimum atomic E-state index is -0.924. The number of nitrogens with one attached hydrogen (secondary N) is 1. The summed E-state index contributed by atoms with van der Waals surface area (Å²) >= 11 is 12.3. The molecule has 2 aliphatic rings. The lowest BCUT2D eigenvalue weighted by atomic mass is 9.93. The lowest BCUT2D eigenvalue weighted by molar-refractivity contribution is -0.142. The van der Waals surface area contributed by atoms with Crippen molar-refractivity contribution in [1.29, 1.82) is 0 Å². The van der Waals surface area contributed by atoms with E-state index in [0.29, 0.717) is 49.2 Å². The molecule has 3 amide bonds. The summed E-state index contributed by atoms with van der Waals surface area (Å²) in [4.78, 5) is 56.3. The van der Waals surface area contributed by atoms with Gasteiger partial charge >= 0.3 is 5.97 Å². The van der Waals surface area contributed by atoms with Crippen molar-refractivity contribution >= 4 is 52.5 Å². The van der Waals surface area contributed by atoms with Crippen LogP contribution in [0.1, 0.15) is 68.3 Å². The van der Waals surface area contributed by atoms with Crippen molar-refractivity contribution in [3.8, 4) is 0 Å². The average molecular weight is 608 g/mol. The highest BCUT2D eigenvalue weighted by molar-refractivity contribution is 6.39. The molecule has 9 nitrogen and oxygen atoms in total. The summed E-state index contributed by atoms with van der Waals surface area (Å²) in [5.41, 5.74) is 3.53. The molecule has 0 radical (unpaired) electrons. The molecule has 42 heavy (non-hydrogen) atoms. The van der Waals surface area contributed by atoms with E-state index in [-0.39, 0.29) is 33.8 Å². The molecule has 1 aliphatic carbocycles. The molecule has 0 saturated carbocycles. The summed E-state index contributed by atoms with van der Waals surface area (Å²) in [6.45, 7) is 0.296. The second kappa shape index (κ2) is 12.8. The number of aryl methyl sites for hydroxylation is 1. The number of carbonyl (C=O) groups is 4. The van der Waals surface area contributed by atoms with E-state index in [4.69, 9.17) is 32.4 Å². The summed E-state index contributed by atoms with van der Waals surface area (Å²) < 4.78 is 10.6. The zero-order valence-electron chi connectivity index (χ0n) is 22.7. The maximum absolute atomic E-state index is 12.9. The maximum atomic E-state index is 12.9. The van der Waals surface area contributed by atoms with Crippen molar-refractivity contribution in [2.24, 2.45) is 0 Å². The van der Waals surface area contributed by atoms with Gasteiger partial charge in [0.05, 0.1) is 39.5 Å². The van der Waals surface area contributed by atoms with Crippen LogP contribution < -0.4 is 5.32 Å². The summed E-state index contributed by atoms with van der Waals surface area (Å²) in [5.74, 6) is -1.20. The lowest BCUT2D eigenvalue weighted by Gasteiger charge is -2.20. The van der Waals surface area contributed by atoms with Crippen LogP contribution >= 0.6 is 23.2 Å². The number of hydrogen-bond acceptors (Lipinski definition) is 7. The third-order valence-electron chi connectivity index (χ3n) is 7.20. The van der Waals surface area contributed by atoms with Gasteiger partial charge in [-0.2, -0.15) is 0 Å². The van der Waals surface area contributed by atoms with E-state index in [1.54, 1.807) is 48.7 Å². The summed E-state index contributed by atoms with van der Waals surface area (Å²) in [7, 11) is 1.26. The summed E-state index contributed by atoms with van der Waals surface area (Å²) in [5, 5.41) is 3.05. The molecule has 0 bridgehead atoms. The van der Waals surface area contributed by atoms with Crippen LogP contribution in [0.4, 0.5) is 0 Å². The summed E-state index contributed by atoms with van der Waals surface area (Å²) in [6.07, 6.45) is 7.95. The molecule has 0 fully saturated rings. The van der Waals surface area contributed by atoms with Crippen LogP contribution in [0.15, 0.2) is 70.9 Å². The van der Waals surface area contributed by atoms with Crippen molar-refractivity contribution in [2.45, 2.75) is 38.1 Å². The molecule has 0 saturated heterocycles. The van der Waals surface area contributed by atoms with Gasteiger partial charge in [-0.3, -0.25) is 19.3 Å². The van der Waals surface area contributed by atoms with Crippen LogP contribution in [-0.2, 0) is 16.0 Å². The number of ether oxygens (including phenoxy) is 1. The Morgan fingerprint density at radius 3 is 2.33 bits per heavy atom. The van der Waals surface area contributed by atoms with Gasteiger partial charge in [-0.15, -0.1) is 0 Å². The lowest BCUT2D eigenvalue weighted by Crippen LogP contribution is -2.42. The normalized spacial score (nSPS) is 15.2. The van der Waals surface area contributed by atoms with Gasteiger partial charge in [-0.1, -0.05) is 59.1 Å². The smallest absolute Gasteiger partial charge is 0.328 e. The van der Waals surface area contributed by atoms with Crippen LogP contribution in [0.5, 0.6) is 0 Å². The maximum Gasteiger partial charge on any atom is 0.328 e. The van der Waals surface area contributed by atoms with Crippen LogP contribution in [0.25, 0.3) is 5.57 Å². The number of imide groups is 1. The Bertz CT molecular complexity index is 1570. The number of rotatable bonds is 10. The van der Waals surface area contributed by atoms with Crippen LogP contribution in [0.2, 0.25) is 10.0 Å². The largest absolute Gasteiger partial charge is 0.467 e. The monoisotopic (exact) mass is 607 g/mol. The first-order valence-electron chi connectivity index (χ1n) is 13.4. The standard InChI is InChI=1S/C31H27Cl2N3O6/c1-41-31(40)25(35-27(37)26-23(32)9-4-10-24(26)33)16-18-11-13-19(14-12-18)28-34-20(17-42-28)6-5-15-36-29(38)21-7-2-3-8-22(21)30(36)39/h2-4,7-11,13,17,25H,5-6,12,14-16H2,1H3,(H,35,37)/t25-/m0/s1. The van der Waals surface area contributed by atoms with E-state index < -0.39 is 17.9 Å².